The van der Waals surface area contributed by atoms with Gasteiger partial charge in [0.05, 0.1) is 31.2 Å². The van der Waals surface area contributed by atoms with Gasteiger partial charge in [-0.3, -0.25) is 14.7 Å². The van der Waals surface area contributed by atoms with Gasteiger partial charge in [-0.05, 0) is 49.7 Å². The van der Waals surface area contributed by atoms with E-state index >= 15 is 0 Å². The van der Waals surface area contributed by atoms with Crippen molar-refractivity contribution in [3.05, 3.63) is 75.5 Å². The zero-order chi connectivity index (χ0) is 23.3. The molecule has 0 aliphatic heterocycles. The molecule has 9 heteroatoms. The molecular formula is C23H25FN4O4. The molecule has 0 saturated carbocycles. The first-order chi connectivity index (χ1) is 15.4. The van der Waals surface area contributed by atoms with Crippen molar-refractivity contribution in [3.8, 4) is 17.2 Å². The van der Waals surface area contributed by atoms with Gasteiger partial charge in [0.15, 0.2) is 0 Å². The third-order valence-corrected chi connectivity index (χ3v) is 4.85. The predicted octanol–water partition coefficient (Wildman–Crippen LogP) is 3.43. The number of rotatable bonds is 8. The van der Waals surface area contributed by atoms with E-state index in [0.717, 1.165) is 6.42 Å². The van der Waals surface area contributed by atoms with E-state index in [0.29, 0.717) is 46.1 Å². The smallest absolute Gasteiger partial charge is 0.280 e. The number of ether oxygens (including phenoxy) is 2. The fraction of sp³-hybridized carbons (Fsp3) is 0.261. The number of carbonyl (C=O) groups is 1. The van der Waals surface area contributed by atoms with Gasteiger partial charge in [-0.25, -0.2) is 14.5 Å². The number of carbonyl (C=O) groups excluding carboxylic acids is 1. The number of halogens is 1. The average Bonchev–Trinajstić information content (AvgIpc) is 3.13. The van der Waals surface area contributed by atoms with E-state index in [1.807, 2.05) is 6.92 Å². The SMILES string of the molecule is CCCc1[nH]n(-c2ccc(F)cc2)c(=O)c1/C(C)=N/NC(=O)c1cc(OC)cc(OC)c1. The van der Waals surface area contributed by atoms with E-state index < -0.39 is 11.7 Å². The second-order valence-corrected chi connectivity index (χ2v) is 7.07. The number of hydrogen-bond acceptors (Lipinski definition) is 5. The molecule has 1 amide bonds. The zero-order valence-electron chi connectivity index (χ0n) is 18.4. The largest absolute Gasteiger partial charge is 0.497 e. The molecule has 0 radical (unpaired) electrons. The summed E-state index contributed by atoms with van der Waals surface area (Å²) in [6.07, 6.45) is 1.40. The van der Waals surface area contributed by atoms with Crippen LogP contribution in [0.4, 0.5) is 4.39 Å². The molecule has 32 heavy (non-hydrogen) atoms. The summed E-state index contributed by atoms with van der Waals surface area (Å²) >= 11 is 0. The number of H-pyrrole nitrogens is 1. The Labute approximate surface area is 184 Å². The number of hydrazone groups is 1. The van der Waals surface area contributed by atoms with E-state index in [1.54, 1.807) is 25.1 Å². The molecule has 2 N–H and O–H groups in total. The highest BCUT2D eigenvalue weighted by molar-refractivity contribution is 6.01. The summed E-state index contributed by atoms with van der Waals surface area (Å²) in [5.74, 6) is 0.0616. The quantitative estimate of drug-likeness (QED) is 0.414. The van der Waals surface area contributed by atoms with Crippen LogP contribution in [0.5, 0.6) is 11.5 Å². The van der Waals surface area contributed by atoms with Crippen molar-refractivity contribution in [2.75, 3.05) is 14.2 Å². The van der Waals surface area contributed by atoms with Crippen molar-refractivity contribution in [3.63, 3.8) is 0 Å². The molecule has 3 aromatic rings. The van der Waals surface area contributed by atoms with E-state index in [-0.39, 0.29) is 5.56 Å². The Bertz CT molecular complexity index is 1170. The first-order valence-electron chi connectivity index (χ1n) is 10.1. The highest BCUT2D eigenvalue weighted by Gasteiger charge is 2.18. The molecule has 1 heterocycles. The van der Waals surface area contributed by atoms with Crippen molar-refractivity contribution < 1.29 is 18.7 Å². The van der Waals surface area contributed by atoms with E-state index in [2.05, 4.69) is 15.6 Å². The number of benzene rings is 2. The minimum atomic E-state index is -0.479. The number of amides is 1. The molecule has 0 saturated heterocycles. The molecule has 0 aliphatic carbocycles. The Kier molecular flexibility index (Phi) is 7.09. The van der Waals surface area contributed by atoms with Crippen LogP contribution in [-0.4, -0.2) is 35.6 Å². The normalized spacial score (nSPS) is 11.3. The maximum Gasteiger partial charge on any atom is 0.280 e. The zero-order valence-corrected chi connectivity index (χ0v) is 18.4. The van der Waals surface area contributed by atoms with E-state index in [9.17, 15) is 14.0 Å². The standard InChI is InChI=1S/C23H25FN4O4/c1-5-6-20-21(23(30)28(27-20)17-9-7-16(24)8-10-17)14(2)25-26-22(29)15-11-18(31-3)13-19(12-15)32-4/h7-13,27H,5-6H2,1-4H3,(H,26,29)/b25-14+. The first kappa shape index (κ1) is 22.8. The summed E-state index contributed by atoms with van der Waals surface area (Å²) in [7, 11) is 2.98. The lowest BCUT2D eigenvalue weighted by atomic mass is 10.1. The molecule has 0 spiro atoms. The van der Waals surface area contributed by atoms with Crippen LogP contribution in [0.25, 0.3) is 5.69 Å². The second kappa shape index (κ2) is 9.95. The number of aryl methyl sites for hydroxylation is 1. The van der Waals surface area contributed by atoms with Crippen LogP contribution in [0.1, 0.15) is 41.9 Å². The van der Waals surface area contributed by atoms with Crippen molar-refractivity contribution in [2.45, 2.75) is 26.7 Å². The molecule has 3 rings (SSSR count). The highest BCUT2D eigenvalue weighted by atomic mass is 19.1. The van der Waals surface area contributed by atoms with Gasteiger partial charge in [-0.2, -0.15) is 5.10 Å². The number of methoxy groups -OCH3 is 2. The average molecular weight is 440 g/mol. The third-order valence-electron chi connectivity index (χ3n) is 4.85. The molecular weight excluding hydrogens is 415 g/mol. The molecule has 0 aliphatic rings. The lowest BCUT2D eigenvalue weighted by Crippen LogP contribution is -2.23. The van der Waals surface area contributed by atoms with Crippen LogP contribution < -0.4 is 20.5 Å². The fourth-order valence-electron chi connectivity index (χ4n) is 3.25. The molecule has 1 aromatic heterocycles. The monoisotopic (exact) mass is 440 g/mol. The van der Waals surface area contributed by atoms with Crippen LogP contribution >= 0.6 is 0 Å². The predicted molar refractivity (Wildman–Crippen MR) is 120 cm³/mol. The highest BCUT2D eigenvalue weighted by Crippen LogP contribution is 2.22. The van der Waals surface area contributed by atoms with E-state index in [1.165, 1.54) is 43.2 Å². The Balaban J connectivity index is 1.92. The molecule has 0 fully saturated rings. The van der Waals surface area contributed by atoms with Crippen LogP contribution in [0.15, 0.2) is 52.4 Å². The summed E-state index contributed by atoms with van der Waals surface area (Å²) in [6.45, 7) is 3.63. The first-order valence-corrected chi connectivity index (χ1v) is 10.1. The number of aromatic amines is 1. The minimum absolute atomic E-state index is 0.296. The van der Waals surface area contributed by atoms with E-state index in [4.69, 9.17) is 9.47 Å². The minimum Gasteiger partial charge on any atom is -0.497 e. The van der Waals surface area contributed by atoms with Gasteiger partial charge in [0, 0.05) is 17.3 Å². The van der Waals surface area contributed by atoms with Gasteiger partial charge >= 0.3 is 0 Å². The lowest BCUT2D eigenvalue weighted by molar-refractivity contribution is 0.0954. The van der Waals surface area contributed by atoms with Crippen LogP contribution in [0.2, 0.25) is 0 Å². The van der Waals surface area contributed by atoms with Crippen molar-refractivity contribution >= 4 is 11.6 Å². The molecule has 8 nitrogen and oxygen atoms in total. The fourth-order valence-corrected chi connectivity index (χ4v) is 3.25. The van der Waals surface area contributed by atoms with Crippen LogP contribution in [0, 0.1) is 5.82 Å². The summed E-state index contributed by atoms with van der Waals surface area (Å²) < 4.78 is 25.0. The van der Waals surface area contributed by atoms with Gasteiger partial charge < -0.3 is 9.47 Å². The van der Waals surface area contributed by atoms with Crippen molar-refractivity contribution in [1.82, 2.24) is 15.2 Å². The molecule has 0 atom stereocenters. The van der Waals surface area contributed by atoms with Crippen molar-refractivity contribution in [2.24, 2.45) is 5.10 Å². The Morgan fingerprint density at radius 3 is 2.31 bits per heavy atom. The van der Waals surface area contributed by atoms with Gasteiger partial charge in [0.25, 0.3) is 11.5 Å². The summed E-state index contributed by atoms with van der Waals surface area (Å²) in [6, 6.07) is 10.4. The number of nitrogens with one attached hydrogen (secondary N) is 2. The maximum absolute atomic E-state index is 13.3. The molecule has 168 valence electrons. The Morgan fingerprint density at radius 2 is 1.75 bits per heavy atom. The number of aromatic nitrogens is 2. The second-order valence-electron chi connectivity index (χ2n) is 7.07. The van der Waals surface area contributed by atoms with Gasteiger partial charge in [0.1, 0.15) is 17.3 Å². The van der Waals surface area contributed by atoms with Crippen LogP contribution in [-0.2, 0) is 6.42 Å². The van der Waals surface area contributed by atoms with Gasteiger partial charge in [-0.1, -0.05) is 13.3 Å². The Morgan fingerprint density at radius 1 is 1.12 bits per heavy atom. The van der Waals surface area contributed by atoms with Gasteiger partial charge in [-0.15, -0.1) is 0 Å². The molecule has 0 unspecified atom stereocenters. The van der Waals surface area contributed by atoms with Crippen molar-refractivity contribution in [1.29, 1.82) is 0 Å². The van der Waals surface area contributed by atoms with Crippen LogP contribution in [0.3, 0.4) is 0 Å². The molecule has 0 bridgehead atoms. The third kappa shape index (κ3) is 4.88. The summed E-state index contributed by atoms with van der Waals surface area (Å²) in [5, 5.41) is 7.22. The number of nitrogens with zero attached hydrogens (tertiary/aromatic N) is 2. The molecule has 2 aromatic carbocycles. The Hall–Kier alpha value is -3.88. The summed E-state index contributed by atoms with van der Waals surface area (Å²) in [4.78, 5) is 25.7. The topological polar surface area (TPSA) is 97.7 Å². The maximum atomic E-state index is 13.3. The summed E-state index contributed by atoms with van der Waals surface area (Å²) in [5.41, 5.74) is 4.33. The lowest BCUT2D eigenvalue weighted by Gasteiger charge is -2.08. The number of hydrogen-bond donors (Lipinski definition) is 2. The van der Waals surface area contributed by atoms with Gasteiger partial charge in [0.2, 0.25) is 0 Å².